The van der Waals surface area contributed by atoms with Crippen LogP contribution in [-0.4, -0.2) is 14.5 Å². The lowest BCUT2D eigenvalue weighted by atomic mass is 10.0. The molecule has 45 heavy (non-hydrogen) atoms. The van der Waals surface area contributed by atoms with E-state index in [2.05, 4.69) is 89.5 Å². The number of nitrogens with zero attached hydrogens (tertiary/aromatic N) is 3. The van der Waals surface area contributed by atoms with E-state index >= 15 is 0 Å². The van der Waals surface area contributed by atoms with Crippen LogP contribution in [0.4, 0.5) is 0 Å². The minimum atomic E-state index is 0.648. The van der Waals surface area contributed by atoms with E-state index in [-0.39, 0.29) is 0 Å². The molecule has 0 radical (unpaired) electrons. The summed E-state index contributed by atoms with van der Waals surface area (Å²) in [5.41, 5.74) is 9.85. The molecule has 4 aromatic heterocycles. The molecule has 0 atom stereocenters. The molecule has 210 valence electrons. The summed E-state index contributed by atoms with van der Waals surface area (Å²) in [6, 6.07) is 47.7. The highest BCUT2D eigenvalue weighted by molar-refractivity contribution is 6.28. The third kappa shape index (κ3) is 3.43. The molecule has 5 heteroatoms. The van der Waals surface area contributed by atoms with Crippen LogP contribution in [0.25, 0.3) is 94.1 Å². The Balaban J connectivity index is 1.39. The van der Waals surface area contributed by atoms with Gasteiger partial charge < -0.3 is 13.4 Å². The first kappa shape index (κ1) is 24.3. The van der Waals surface area contributed by atoms with Gasteiger partial charge in [0.15, 0.2) is 11.4 Å². The van der Waals surface area contributed by atoms with Crippen molar-refractivity contribution in [2.75, 3.05) is 0 Å². The van der Waals surface area contributed by atoms with Gasteiger partial charge in [-0.3, -0.25) is 0 Å². The van der Waals surface area contributed by atoms with Gasteiger partial charge in [-0.2, -0.15) is 0 Å². The standard InChI is InChI=1S/C40H23N3O2/c1-3-12-24(13-4-1)40-41-37(28-18-11-21-32-34(28)27-17-8-10-20-31(27)44-32)39-38(42-40)36-33(45-39)23-22-30-35(36)26-16-7-9-19-29(26)43(30)25-14-5-2-6-15-25/h1-23H. The Hall–Kier alpha value is -6.20. The predicted octanol–water partition coefficient (Wildman–Crippen LogP) is 10.7. The summed E-state index contributed by atoms with van der Waals surface area (Å²) in [5.74, 6) is 0.648. The summed E-state index contributed by atoms with van der Waals surface area (Å²) < 4.78 is 15.4. The van der Waals surface area contributed by atoms with Gasteiger partial charge >= 0.3 is 0 Å². The Morgan fingerprint density at radius 3 is 2.04 bits per heavy atom. The summed E-state index contributed by atoms with van der Waals surface area (Å²) in [7, 11) is 0. The van der Waals surface area contributed by atoms with Crippen molar-refractivity contribution < 1.29 is 8.83 Å². The quantitative estimate of drug-likeness (QED) is 0.210. The molecule has 10 aromatic rings. The number of furan rings is 2. The minimum Gasteiger partial charge on any atom is -0.456 e. The molecule has 0 spiro atoms. The highest BCUT2D eigenvalue weighted by Crippen LogP contribution is 2.45. The molecule has 0 unspecified atom stereocenters. The Morgan fingerprint density at radius 2 is 1.18 bits per heavy atom. The van der Waals surface area contributed by atoms with Gasteiger partial charge in [0.05, 0.1) is 16.4 Å². The lowest BCUT2D eigenvalue weighted by molar-refractivity contribution is 0.667. The molecule has 0 saturated carbocycles. The summed E-state index contributed by atoms with van der Waals surface area (Å²) in [4.78, 5) is 10.5. The summed E-state index contributed by atoms with van der Waals surface area (Å²) in [6.07, 6.45) is 0. The fourth-order valence-corrected chi connectivity index (χ4v) is 6.91. The van der Waals surface area contributed by atoms with Gasteiger partial charge in [0, 0.05) is 38.4 Å². The third-order valence-electron chi connectivity index (χ3n) is 8.82. The molecule has 0 bridgehead atoms. The number of rotatable bonds is 3. The van der Waals surface area contributed by atoms with Crippen molar-refractivity contribution in [1.29, 1.82) is 0 Å². The second-order valence-electron chi connectivity index (χ2n) is 11.3. The maximum Gasteiger partial charge on any atom is 0.180 e. The Kier molecular flexibility index (Phi) is 4.93. The molecule has 0 aliphatic carbocycles. The smallest absolute Gasteiger partial charge is 0.180 e. The van der Waals surface area contributed by atoms with E-state index in [0.29, 0.717) is 11.4 Å². The second kappa shape index (κ2) is 9.15. The van der Waals surface area contributed by atoms with Crippen LogP contribution in [0.15, 0.2) is 148 Å². The zero-order valence-electron chi connectivity index (χ0n) is 23.9. The average Bonchev–Trinajstić information content (AvgIpc) is 3.78. The number of hydrogen-bond acceptors (Lipinski definition) is 4. The van der Waals surface area contributed by atoms with Gasteiger partial charge in [-0.15, -0.1) is 0 Å². The summed E-state index contributed by atoms with van der Waals surface area (Å²) in [5, 5.41) is 5.30. The number of fused-ring (bicyclic) bond motifs is 10. The number of aromatic nitrogens is 3. The van der Waals surface area contributed by atoms with Crippen molar-refractivity contribution in [2.45, 2.75) is 0 Å². The fourth-order valence-electron chi connectivity index (χ4n) is 6.91. The molecule has 0 amide bonds. The summed E-state index contributed by atoms with van der Waals surface area (Å²) in [6.45, 7) is 0. The minimum absolute atomic E-state index is 0.648. The van der Waals surface area contributed by atoms with Gasteiger partial charge in [0.25, 0.3) is 0 Å². The molecule has 4 heterocycles. The lowest BCUT2D eigenvalue weighted by Crippen LogP contribution is -1.94. The van der Waals surface area contributed by atoms with Crippen molar-refractivity contribution >= 4 is 65.8 Å². The van der Waals surface area contributed by atoms with Crippen LogP contribution >= 0.6 is 0 Å². The number of benzene rings is 6. The SMILES string of the molecule is c1ccc(-c2nc(-c3cccc4oc5ccccc5c34)c3oc4ccc5c(c6ccccc6n5-c5ccccc5)c4c3n2)cc1. The Morgan fingerprint density at radius 1 is 0.467 bits per heavy atom. The molecule has 5 nitrogen and oxygen atoms in total. The molecule has 10 rings (SSSR count). The maximum atomic E-state index is 6.77. The van der Waals surface area contributed by atoms with Crippen molar-refractivity contribution in [1.82, 2.24) is 14.5 Å². The maximum absolute atomic E-state index is 6.77. The van der Waals surface area contributed by atoms with Crippen LogP contribution in [-0.2, 0) is 0 Å². The van der Waals surface area contributed by atoms with Gasteiger partial charge in [-0.25, -0.2) is 9.97 Å². The van der Waals surface area contributed by atoms with Crippen LogP contribution in [0.1, 0.15) is 0 Å². The van der Waals surface area contributed by atoms with Crippen molar-refractivity contribution in [3.8, 4) is 28.3 Å². The van der Waals surface area contributed by atoms with Crippen molar-refractivity contribution in [3.63, 3.8) is 0 Å². The largest absolute Gasteiger partial charge is 0.456 e. The Labute approximate surface area is 256 Å². The average molecular weight is 578 g/mol. The van der Waals surface area contributed by atoms with Gasteiger partial charge in [-0.1, -0.05) is 97.1 Å². The second-order valence-corrected chi connectivity index (χ2v) is 11.3. The lowest BCUT2D eigenvalue weighted by Gasteiger charge is -2.08. The highest BCUT2D eigenvalue weighted by atomic mass is 16.3. The first-order chi connectivity index (χ1) is 22.3. The molecular formula is C40H23N3O2. The normalized spacial score (nSPS) is 12.0. The van der Waals surface area contributed by atoms with Crippen LogP contribution in [0.3, 0.4) is 0 Å². The highest BCUT2D eigenvalue weighted by Gasteiger charge is 2.24. The van der Waals surface area contributed by atoms with Crippen LogP contribution < -0.4 is 0 Å². The number of hydrogen-bond donors (Lipinski definition) is 0. The molecular weight excluding hydrogens is 554 g/mol. The van der Waals surface area contributed by atoms with E-state index in [1.54, 1.807) is 0 Å². The van der Waals surface area contributed by atoms with E-state index in [1.807, 2.05) is 54.6 Å². The molecule has 0 aliphatic heterocycles. The Bertz CT molecular complexity index is 2750. The van der Waals surface area contributed by atoms with Crippen molar-refractivity contribution in [3.05, 3.63) is 140 Å². The van der Waals surface area contributed by atoms with E-state index in [9.17, 15) is 0 Å². The zero-order valence-corrected chi connectivity index (χ0v) is 23.9. The topological polar surface area (TPSA) is 57.0 Å². The zero-order chi connectivity index (χ0) is 29.5. The van der Waals surface area contributed by atoms with E-state index in [0.717, 1.165) is 82.7 Å². The summed E-state index contributed by atoms with van der Waals surface area (Å²) >= 11 is 0. The van der Waals surface area contributed by atoms with E-state index in [4.69, 9.17) is 18.8 Å². The van der Waals surface area contributed by atoms with E-state index in [1.165, 1.54) is 0 Å². The molecule has 0 aliphatic rings. The third-order valence-corrected chi connectivity index (χ3v) is 8.82. The fraction of sp³-hybridized carbons (Fsp3) is 0. The monoisotopic (exact) mass is 577 g/mol. The molecule has 0 fully saturated rings. The first-order valence-electron chi connectivity index (χ1n) is 15.0. The van der Waals surface area contributed by atoms with E-state index < -0.39 is 0 Å². The molecule has 0 N–H and O–H groups in total. The van der Waals surface area contributed by atoms with Crippen LogP contribution in [0, 0.1) is 0 Å². The predicted molar refractivity (Wildman–Crippen MR) is 182 cm³/mol. The number of para-hydroxylation sites is 3. The van der Waals surface area contributed by atoms with Crippen LogP contribution in [0.2, 0.25) is 0 Å². The molecule has 0 saturated heterocycles. The van der Waals surface area contributed by atoms with Gasteiger partial charge in [-0.05, 0) is 42.5 Å². The van der Waals surface area contributed by atoms with Gasteiger partial charge in [0.2, 0.25) is 0 Å². The first-order valence-corrected chi connectivity index (χ1v) is 15.0. The van der Waals surface area contributed by atoms with Crippen molar-refractivity contribution in [2.24, 2.45) is 0 Å². The molecule has 6 aromatic carbocycles. The van der Waals surface area contributed by atoms with Gasteiger partial charge in [0.1, 0.15) is 28.0 Å². The van der Waals surface area contributed by atoms with Crippen LogP contribution in [0.5, 0.6) is 0 Å².